The van der Waals surface area contributed by atoms with Crippen LogP contribution in [0.2, 0.25) is 0 Å². The third-order valence-corrected chi connectivity index (χ3v) is 2.97. The van der Waals surface area contributed by atoms with Crippen molar-refractivity contribution in [1.29, 1.82) is 0 Å². The Balaban J connectivity index is 2.95. The SMILES string of the molecule is NC(=O)C(Cl)Cc1ccc(Br)c([N+](=O)[O-])c1. The quantitative estimate of drug-likeness (QED) is 0.524. The molecule has 0 fully saturated rings. The normalized spacial score (nSPS) is 12.1. The van der Waals surface area contributed by atoms with Gasteiger partial charge in [-0.2, -0.15) is 0 Å². The van der Waals surface area contributed by atoms with E-state index in [2.05, 4.69) is 15.9 Å². The highest BCUT2D eigenvalue weighted by Crippen LogP contribution is 2.26. The van der Waals surface area contributed by atoms with Crippen LogP contribution in [0.25, 0.3) is 0 Å². The zero-order valence-corrected chi connectivity index (χ0v) is 10.4. The molecule has 2 N–H and O–H groups in total. The number of benzene rings is 1. The van der Waals surface area contributed by atoms with Crippen LogP contribution >= 0.6 is 27.5 Å². The summed E-state index contributed by atoms with van der Waals surface area (Å²) in [5.41, 5.74) is 5.52. The summed E-state index contributed by atoms with van der Waals surface area (Å²) in [5.74, 6) is -0.646. The van der Waals surface area contributed by atoms with Gasteiger partial charge in [0.1, 0.15) is 5.38 Å². The van der Waals surface area contributed by atoms with E-state index in [0.717, 1.165) is 0 Å². The first kappa shape index (κ1) is 12.9. The van der Waals surface area contributed by atoms with Crippen molar-refractivity contribution in [2.24, 2.45) is 5.73 Å². The molecule has 0 aliphatic rings. The fraction of sp³-hybridized carbons (Fsp3) is 0.222. The van der Waals surface area contributed by atoms with Crippen LogP contribution in [-0.4, -0.2) is 16.2 Å². The van der Waals surface area contributed by atoms with E-state index in [1.54, 1.807) is 6.07 Å². The topological polar surface area (TPSA) is 86.2 Å². The summed E-state index contributed by atoms with van der Waals surface area (Å²) >= 11 is 8.73. The van der Waals surface area contributed by atoms with E-state index in [1.165, 1.54) is 12.1 Å². The van der Waals surface area contributed by atoms with Crippen LogP contribution in [0.3, 0.4) is 0 Å². The highest BCUT2D eigenvalue weighted by atomic mass is 79.9. The molecule has 1 unspecified atom stereocenters. The number of alkyl halides is 1. The second-order valence-electron chi connectivity index (χ2n) is 3.12. The summed E-state index contributed by atoms with van der Waals surface area (Å²) in [6.07, 6.45) is 0.172. The van der Waals surface area contributed by atoms with Crippen LogP contribution in [0.5, 0.6) is 0 Å². The van der Waals surface area contributed by atoms with Crippen molar-refractivity contribution in [1.82, 2.24) is 0 Å². The first-order valence-corrected chi connectivity index (χ1v) is 5.51. The smallest absolute Gasteiger partial charge is 0.283 e. The molecule has 0 aliphatic heterocycles. The van der Waals surface area contributed by atoms with Crippen LogP contribution < -0.4 is 5.73 Å². The molecule has 1 atom stereocenters. The zero-order chi connectivity index (χ0) is 12.3. The van der Waals surface area contributed by atoms with E-state index in [-0.39, 0.29) is 12.1 Å². The highest BCUT2D eigenvalue weighted by molar-refractivity contribution is 9.10. The van der Waals surface area contributed by atoms with Gasteiger partial charge in [0.15, 0.2) is 0 Å². The molecular weight excluding hydrogens is 299 g/mol. The Hall–Kier alpha value is -1.14. The number of primary amides is 1. The number of carbonyl (C=O) groups is 1. The second kappa shape index (κ2) is 5.27. The summed E-state index contributed by atoms with van der Waals surface area (Å²) in [6.45, 7) is 0. The highest BCUT2D eigenvalue weighted by Gasteiger charge is 2.16. The Morgan fingerprint density at radius 3 is 2.75 bits per heavy atom. The average Bonchev–Trinajstić information content (AvgIpc) is 2.20. The molecule has 16 heavy (non-hydrogen) atoms. The number of nitro groups is 1. The second-order valence-corrected chi connectivity index (χ2v) is 4.50. The van der Waals surface area contributed by atoms with Crippen molar-refractivity contribution in [3.05, 3.63) is 38.3 Å². The van der Waals surface area contributed by atoms with Gasteiger partial charge in [-0.1, -0.05) is 6.07 Å². The lowest BCUT2D eigenvalue weighted by Crippen LogP contribution is -2.25. The van der Waals surface area contributed by atoms with Crippen molar-refractivity contribution >= 4 is 39.1 Å². The summed E-state index contributed by atoms with van der Waals surface area (Å²) in [4.78, 5) is 20.9. The summed E-state index contributed by atoms with van der Waals surface area (Å²) in [6, 6.07) is 4.55. The Kier molecular flexibility index (Phi) is 4.26. The van der Waals surface area contributed by atoms with E-state index < -0.39 is 16.2 Å². The molecule has 1 amide bonds. The minimum absolute atomic E-state index is 0.0640. The molecule has 0 aliphatic carbocycles. The maximum atomic E-state index is 10.7. The minimum atomic E-state index is -0.860. The molecule has 5 nitrogen and oxygen atoms in total. The van der Waals surface area contributed by atoms with E-state index in [4.69, 9.17) is 17.3 Å². The summed E-state index contributed by atoms with van der Waals surface area (Å²) in [5, 5.41) is 9.78. The fourth-order valence-corrected chi connectivity index (χ4v) is 1.70. The Morgan fingerprint density at radius 1 is 1.62 bits per heavy atom. The van der Waals surface area contributed by atoms with Crippen LogP contribution in [0.1, 0.15) is 5.56 Å². The number of nitro benzene ring substituents is 1. The molecular formula is C9H8BrClN2O3. The summed E-state index contributed by atoms with van der Waals surface area (Å²) in [7, 11) is 0. The third kappa shape index (κ3) is 3.18. The molecule has 0 saturated carbocycles. The predicted molar refractivity (Wildman–Crippen MR) is 63.3 cm³/mol. The van der Waals surface area contributed by atoms with E-state index >= 15 is 0 Å². The molecule has 1 rings (SSSR count). The lowest BCUT2D eigenvalue weighted by Gasteiger charge is -2.05. The number of rotatable bonds is 4. The molecule has 0 bridgehead atoms. The number of amides is 1. The number of hydrogen-bond acceptors (Lipinski definition) is 3. The molecule has 7 heteroatoms. The van der Waals surface area contributed by atoms with Crippen LogP contribution in [0.15, 0.2) is 22.7 Å². The van der Waals surface area contributed by atoms with Crippen LogP contribution in [-0.2, 0) is 11.2 Å². The maximum Gasteiger partial charge on any atom is 0.283 e. The maximum absolute atomic E-state index is 10.7. The average molecular weight is 308 g/mol. The van der Waals surface area contributed by atoms with Gasteiger partial charge in [-0.25, -0.2) is 0 Å². The lowest BCUT2D eigenvalue weighted by molar-refractivity contribution is -0.385. The van der Waals surface area contributed by atoms with Gasteiger partial charge in [-0.15, -0.1) is 11.6 Å². The van der Waals surface area contributed by atoms with Crippen molar-refractivity contribution in [2.45, 2.75) is 11.8 Å². The van der Waals surface area contributed by atoms with Gasteiger partial charge < -0.3 is 5.73 Å². The monoisotopic (exact) mass is 306 g/mol. The Labute approximate surface area is 105 Å². The molecule has 0 radical (unpaired) electrons. The molecule has 0 heterocycles. The molecule has 0 saturated heterocycles. The molecule has 1 aromatic carbocycles. The van der Waals surface area contributed by atoms with Crippen molar-refractivity contribution in [2.75, 3.05) is 0 Å². The number of nitrogens with two attached hydrogens (primary N) is 1. The first-order chi connectivity index (χ1) is 7.41. The van der Waals surface area contributed by atoms with E-state index in [1.807, 2.05) is 0 Å². The van der Waals surface area contributed by atoms with Crippen molar-refractivity contribution < 1.29 is 9.72 Å². The van der Waals surface area contributed by atoms with Gasteiger partial charge in [0.25, 0.3) is 5.69 Å². The fourth-order valence-electron chi connectivity index (χ4n) is 1.13. The van der Waals surface area contributed by atoms with Gasteiger partial charge in [0.05, 0.1) is 9.40 Å². The standard InChI is InChI=1S/C9H8BrClN2O3/c10-6-2-1-5(3-7(11)9(12)14)4-8(6)13(15)16/h1-2,4,7H,3H2,(H2,12,14). The van der Waals surface area contributed by atoms with Crippen molar-refractivity contribution in [3.8, 4) is 0 Å². The van der Waals surface area contributed by atoms with Gasteiger partial charge in [-0.3, -0.25) is 14.9 Å². The predicted octanol–water partition coefficient (Wildman–Crippen LogP) is 1.99. The van der Waals surface area contributed by atoms with Gasteiger partial charge in [0, 0.05) is 6.07 Å². The zero-order valence-electron chi connectivity index (χ0n) is 8.02. The third-order valence-electron chi connectivity index (χ3n) is 1.93. The molecule has 1 aromatic rings. The van der Waals surface area contributed by atoms with Gasteiger partial charge in [-0.05, 0) is 34.0 Å². The lowest BCUT2D eigenvalue weighted by atomic mass is 10.1. The van der Waals surface area contributed by atoms with Crippen LogP contribution in [0, 0.1) is 10.1 Å². The van der Waals surface area contributed by atoms with Gasteiger partial charge in [0.2, 0.25) is 5.91 Å². The minimum Gasteiger partial charge on any atom is -0.368 e. The van der Waals surface area contributed by atoms with E-state index in [9.17, 15) is 14.9 Å². The van der Waals surface area contributed by atoms with Crippen molar-refractivity contribution in [3.63, 3.8) is 0 Å². The number of carbonyl (C=O) groups excluding carboxylic acids is 1. The molecule has 0 aromatic heterocycles. The molecule has 0 spiro atoms. The summed E-state index contributed by atoms with van der Waals surface area (Å²) < 4.78 is 0.381. The first-order valence-electron chi connectivity index (χ1n) is 4.28. The number of halogens is 2. The number of hydrogen-bond donors (Lipinski definition) is 1. The number of nitrogens with zero attached hydrogens (tertiary/aromatic N) is 1. The van der Waals surface area contributed by atoms with E-state index in [0.29, 0.717) is 10.0 Å². The largest absolute Gasteiger partial charge is 0.368 e. The Bertz CT molecular complexity index is 439. The Morgan fingerprint density at radius 2 is 2.25 bits per heavy atom. The van der Waals surface area contributed by atoms with Gasteiger partial charge >= 0.3 is 0 Å². The van der Waals surface area contributed by atoms with Crippen LogP contribution in [0.4, 0.5) is 5.69 Å². The molecule has 86 valence electrons.